The van der Waals surface area contributed by atoms with Crippen LogP contribution in [0.2, 0.25) is 0 Å². The first-order chi connectivity index (χ1) is 10.0. The van der Waals surface area contributed by atoms with Crippen LogP contribution in [0.4, 0.5) is 0 Å². The number of guanidine groups is 1. The second-order valence-electron chi connectivity index (χ2n) is 5.75. The second-order valence-corrected chi connectivity index (χ2v) is 5.75. The normalized spacial score (nSPS) is 21.6. The highest BCUT2D eigenvalue weighted by molar-refractivity contribution is 5.75. The first kappa shape index (κ1) is 15.4. The zero-order chi connectivity index (χ0) is 15.2. The van der Waals surface area contributed by atoms with E-state index in [0.29, 0.717) is 11.7 Å². The minimum absolute atomic E-state index is 0.0101. The van der Waals surface area contributed by atoms with Gasteiger partial charge in [-0.25, -0.2) is 0 Å². The summed E-state index contributed by atoms with van der Waals surface area (Å²) < 4.78 is 5.43. The molecule has 0 aliphatic heterocycles. The number of carbonyl (C=O) groups is 1. The first-order valence-electron chi connectivity index (χ1n) is 7.41. The van der Waals surface area contributed by atoms with Crippen LogP contribution < -0.4 is 15.8 Å². The summed E-state index contributed by atoms with van der Waals surface area (Å²) in [6, 6.07) is 7.53. The number of esters is 1. The van der Waals surface area contributed by atoms with Crippen molar-refractivity contribution >= 4 is 11.9 Å². The van der Waals surface area contributed by atoms with E-state index < -0.39 is 0 Å². The minimum Gasteiger partial charge on any atom is -0.426 e. The SMILES string of the molecule is Cc1ccc(OC(=O)[C@H]2CC[C@H](CNC(=N)N)CC2)cc1. The highest BCUT2D eigenvalue weighted by atomic mass is 16.5. The number of hydrogen-bond acceptors (Lipinski definition) is 3. The average Bonchev–Trinajstić information content (AvgIpc) is 2.48. The summed E-state index contributed by atoms with van der Waals surface area (Å²) >= 11 is 0. The lowest BCUT2D eigenvalue weighted by atomic mass is 9.82. The van der Waals surface area contributed by atoms with E-state index in [2.05, 4.69) is 5.32 Å². The number of aryl methyl sites for hydroxylation is 1. The van der Waals surface area contributed by atoms with Crippen molar-refractivity contribution in [2.24, 2.45) is 17.6 Å². The molecule has 5 heteroatoms. The molecule has 0 radical (unpaired) electrons. The molecule has 1 aliphatic rings. The van der Waals surface area contributed by atoms with Crippen LogP contribution in [0.5, 0.6) is 5.75 Å². The molecule has 0 unspecified atom stereocenters. The van der Waals surface area contributed by atoms with E-state index in [0.717, 1.165) is 37.8 Å². The van der Waals surface area contributed by atoms with Crippen molar-refractivity contribution in [3.05, 3.63) is 29.8 Å². The first-order valence-corrected chi connectivity index (χ1v) is 7.41. The number of carbonyl (C=O) groups excluding carboxylic acids is 1. The van der Waals surface area contributed by atoms with Gasteiger partial charge in [0.2, 0.25) is 0 Å². The summed E-state index contributed by atoms with van der Waals surface area (Å²) in [6.07, 6.45) is 3.62. The molecule has 1 saturated carbocycles. The van der Waals surface area contributed by atoms with Gasteiger partial charge in [0.05, 0.1) is 5.92 Å². The van der Waals surface area contributed by atoms with Crippen molar-refractivity contribution in [1.82, 2.24) is 5.32 Å². The van der Waals surface area contributed by atoms with E-state index in [1.165, 1.54) is 0 Å². The minimum atomic E-state index is -0.128. The van der Waals surface area contributed by atoms with Gasteiger partial charge in [-0.15, -0.1) is 0 Å². The maximum atomic E-state index is 12.1. The molecule has 1 aliphatic carbocycles. The van der Waals surface area contributed by atoms with Gasteiger partial charge in [-0.1, -0.05) is 17.7 Å². The fraction of sp³-hybridized carbons (Fsp3) is 0.500. The van der Waals surface area contributed by atoms with Gasteiger partial charge in [0.15, 0.2) is 5.96 Å². The summed E-state index contributed by atoms with van der Waals surface area (Å²) in [5.74, 6) is 0.968. The third-order valence-electron chi connectivity index (χ3n) is 4.00. The number of nitrogens with one attached hydrogen (secondary N) is 2. The molecular formula is C16H23N3O2. The Bertz CT molecular complexity index is 491. The summed E-state index contributed by atoms with van der Waals surface area (Å²) in [4.78, 5) is 12.1. The molecule has 5 nitrogen and oxygen atoms in total. The van der Waals surface area contributed by atoms with Gasteiger partial charge < -0.3 is 15.8 Å². The molecule has 1 fully saturated rings. The fourth-order valence-corrected chi connectivity index (χ4v) is 2.66. The van der Waals surface area contributed by atoms with Crippen molar-refractivity contribution in [3.63, 3.8) is 0 Å². The largest absolute Gasteiger partial charge is 0.426 e. The molecule has 0 atom stereocenters. The Morgan fingerprint density at radius 1 is 1.29 bits per heavy atom. The van der Waals surface area contributed by atoms with E-state index in [1.54, 1.807) is 0 Å². The average molecular weight is 289 g/mol. The highest BCUT2D eigenvalue weighted by Gasteiger charge is 2.27. The Morgan fingerprint density at radius 3 is 2.48 bits per heavy atom. The van der Waals surface area contributed by atoms with Gasteiger partial charge in [-0.3, -0.25) is 10.2 Å². The molecule has 1 aromatic rings. The zero-order valence-electron chi connectivity index (χ0n) is 12.4. The Balaban J connectivity index is 1.77. The van der Waals surface area contributed by atoms with Crippen LogP contribution in [0.1, 0.15) is 31.2 Å². The molecule has 0 saturated heterocycles. The van der Waals surface area contributed by atoms with Crippen LogP contribution in [0, 0.1) is 24.2 Å². The molecule has 0 amide bonds. The van der Waals surface area contributed by atoms with E-state index in [4.69, 9.17) is 15.9 Å². The molecule has 0 spiro atoms. The third kappa shape index (κ3) is 4.77. The van der Waals surface area contributed by atoms with E-state index in [-0.39, 0.29) is 17.8 Å². The Labute approximate surface area is 125 Å². The fourth-order valence-electron chi connectivity index (χ4n) is 2.66. The summed E-state index contributed by atoms with van der Waals surface area (Å²) in [6.45, 7) is 2.72. The standard InChI is InChI=1S/C16H23N3O2/c1-11-2-8-14(9-3-11)21-15(20)13-6-4-12(5-7-13)10-19-16(17)18/h2-3,8-9,12-13H,4-7,10H2,1H3,(H4,17,18,19)/t12-,13-. The lowest BCUT2D eigenvalue weighted by Crippen LogP contribution is -2.36. The van der Waals surface area contributed by atoms with Gasteiger partial charge in [0.1, 0.15) is 5.75 Å². The van der Waals surface area contributed by atoms with Crippen molar-refractivity contribution in [2.45, 2.75) is 32.6 Å². The Kier molecular flexibility index (Phi) is 5.20. The van der Waals surface area contributed by atoms with E-state index in [9.17, 15) is 4.79 Å². The van der Waals surface area contributed by atoms with Gasteiger partial charge >= 0.3 is 5.97 Å². The molecule has 0 aromatic heterocycles. The number of hydrogen-bond donors (Lipinski definition) is 3. The highest BCUT2D eigenvalue weighted by Crippen LogP contribution is 2.29. The van der Waals surface area contributed by atoms with Crippen molar-refractivity contribution in [3.8, 4) is 5.75 Å². The van der Waals surface area contributed by atoms with Gasteiger partial charge in [-0.05, 0) is 50.7 Å². The zero-order valence-corrected chi connectivity index (χ0v) is 12.4. The van der Waals surface area contributed by atoms with Crippen LogP contribution in [-0.4, -0.2) is 18.5 Å². The maximum Gasteiger partial charge on any atom is 0.314 e. The molecule has 0 heterocycles. The molecule has 21 heavy (non-hydrogen) atoms. The summed E-state index contributed by atoms with van der Waals surface area (Å²) in [5.41, 5.74) is 6.43. The summed E-state index contributed by atoms with van der Waals surface area (Å²) in [5, 5.41) is 10.0. The number of benzene rings is 1. The van der Waals surface area contributed by atoms with E-state index >= 15 is 0 Å². The predicted octanol–water partition coefficient (Wildman–Crippen LogP) is 2.19. The van der Waals surface area contributed by atoms with Crippen molar-refractivity contribution in [1.29, 1.82) is 5.41 Å². The van der Waals surface area contributed by atoms with E-state index in [1.807, 2.05) is 31.2 Å². The molecular weight excluding hydrogens is 266 g/mol. The van der Waals surface area contributed by atoms with Gasteiger partial charge in [0, 0.05) is 6.54 Å². The Morgan fingerprint density at radius 2 is 1.90 bits per heavy atom. The van der Waals surface area contributed by atoms with Crippen molar-refractivity contribution in [2.75, 3.05) is 6.54 Å². The molecule has 1 aromatic carbocycles. The maximum absolute atomic E-state index is 12.1. The molecule has 114 valence electrons. The predicted molar refractivity (Wildman–Crippen MR) is 82.2 cm³/mol. The topological polar surface area (TPSA) is 88.2 Å². The summed E-state index contributed by atoms with van der Waals surface area (Å²) in [7, 11) is 0. The lowest BCUT2D eigenvalue weighted by molar-refractivity contribution is -0.140. The van der Waals surface area contributed by atoms with Crippen LogP contribution in [0.15, 0.2) is 24.3 Å². The quantitative estimate of drug-likeness (QED) is 0.343. The Hall–Kier alpha value is -2.04. The number of rotatable bonds is 4. The van der Waals surface area contributed by atoms with Crippen LogP contribution in [0.3, 0.4) is 0 Å². The van der Waals surface area contributed by atoms with Crippen LogP contribution in [-0.2, 0) is 4.79 Å². The monoisotopic (exact) mass is 289 g/mol. The molecule has 2 rings (SSSR count). The second kappa shape index (κ2) is 7.11. The van der Waals surface area contributed by atoms with Crippen LogP contribution in [0.25, 0.3) is 0 Å². The van der Waals surface area contributed by atoms with Gasteiger partial charge in [0.25, 0.3) is 0 Å². The molecule has 4 N–H and O–H groups in total. The number of nitrogens with two attached hydrogens (primary N) is 1. The molecule has 0 bridgehead atoms. The number of ether oxygens (including phenoxy) is 1. The third-order valence-corrected chi connectivity index (χ3v) is 4.00. The smallest absolute Gasteiger partial charge is 0.314 e. The lowest BCUT2D eigenvalue weighted by Gasteiger charge is -2.27. The van der Waals surface area contributed by atoms with Gasteiger partial charge in [-0.2, -0.15) is 0 Å². The van der Waals surface area contributed by atoms with Crippen LogP contribution >= 0.6 is 0 Å². The van der Waals surface area contributed by atoms with Crippen molar-refractivity contribution < 1.29 is 9.53 Å².